The highest BCUT2D eigenvalue weighted by atomic mass is 15.0. The van der Waals surface area contributed by atoms with Crippen LogP contribution in [0.4, 0.5) is 0 Å². The summed E-state index contributed by atoms with van der Waals surface area (Å²) in [5, 5.41) is 3.45. The Hall–Kier alpha value is -0.300. The third kappa shape index (κ3) is 1.16. The molecule has 0 aliphatic carbocycles. The van der Waals surface area contributed by atoms with Gasteiger partial charge in [0.2, 0.25) is 0 Å². The lowest BCUT2D eigenvalue weighted by Gasteiger charge is -2.22. The summed E-state index contributed by atoms with van der Waals surface area (Å²) in [6.07, 6.45) is 5.81. The van der Waals surface area contributed by atoms with Crippen LogP contribution in [-0.4, -0.2) is 12.1 Å². The Bertz CT molecular complexity index is 101. The Balaban J connectivity index is 2.55. The van der Waals surface area contributed by atoms with Crippen LogP contribution in [0.1, 0.15) is 26.2 Å². The Morgan fingerprint density at radius 3 is 2.78 bits per heavy atom. The minimum absolute atomic E-state index is 0.292. The molecule has 1 aliphatic heterocycles. The number of hydrogen-bond acceptors (Lipinski definition) is 1. The normalized spacial score (nSPS) is 34.8. The van der Waals surface area contributed by atoms with Gasteiger partial charge in [0.1, 0.15) is 0 Å². The topological polar surface area (TPSA) is 12.0 Å². The Morgan fingerprint density at radius 1 is 1.78 bits per heavy atom. The summed E-state index contributed by atoms with van der Waals surface area (Å²) in [6.45, 7) is 7.20. The maximum Gasteiger partial charge on any atom is 0.0359 e. The molecule has 1 unspecified atom stereocenters. The van der Waals surface area contributed by atoms with Crippen molar-refractivity contribution in [3.05, 3.63) is 12.7 Å². The van der Waals surface area contributed by atoms with Gasteiger partial charge in [-0.05, 0) is 25.8 Å². The van der Waals surface area contributed by atoms with E-state index in [1.807, 2.05) is 0 Å². The van der Waals surface area contributed by atoms with Crippen molar-refractivity contribution in [3.63, 3.8) is 0 Å². The van der Waals surface area contributed by atoms with Crippen molar-refractivity contribution in [2.24, 2.45) is 0 Å². The van der Waals surface area contributed by atoms with Crippen molar-refractivity contribution in [2.75, 3.05) is 6.54 Å². The van der Waals surface area contributed by atoms with E-state index >= 15 is 0 Å². The monoisotopic (exact) mass is 125 g/mol. The van der Waals surface area contributed by atoms with Gasteiger partial charge in [-0.25, -0.2) is 0 Å². The van der Waals surface area contributed by atoms with E-state index in [-0.39, 0.29) is 0 Å². The molecule has 0 amide bonds. The molecule has 9 heavy (non-hydrogen) atoms. The zero-order valence-corrected chi connectivity index (χ0v) is 6.11. The van der Waals surface area contributed by atoms with Crippen LogP contribution in [0.3, 0.4) is 0 Å². The van der Waals surface area contributed by atoms with Gasteiger partial charge in [-0.15, -0.1) is 6.58 Å². The molecule has 52 valence electrons. The van der Waals surface area contributed by atoms with E-state index < -0.39 is 0 Å². The van der Waals surface area contributed by atoms with Crippen molar-refractivity contribution in [3.8, 4) is 0 Å². The van der Waals surface area contributed by atoms with Crippen LogP contribution < -0.4 is 5.32 Å². The van der Waals surface area contributed by atoms with Crippen molar-refractivity contribution in [1.29, 1.82) is 0 Å². The fourth-order valence-electron chi connectivity index (χ4n) is 1.45. The second-order valence-electron chi connectivity index (χ2n) is 2.74. The van der Waals surface area contributed by atoms with E-state index in [0.717, 1.165) is 0 Å². The van der Waals surface area contributed by atoms with Crippen LogP contribution in [0, 0.1) is 0 Å². The molecule has 1 N–H and O–H groups in total. The lowest BCUT2D eigenvalue weighted by atomic mass is 9.95. The molecule has 0 aromatic carbocycles. The predicted octanol–water partition coefficient (Wildman–Crippen LogP) is 1.70. The third-order valence-electron chi connectivity index (χ3n) is 2.30. The molecule has 1 rings (SSSR count). The molecule has 0 spiro atoms. The minimum Gasteiger partial charge on any atom is -0.308 e. The van der Waals surface area contributed by atoms with E-state index in [0.29, 0.717) is 5.54 Å². The highest BCUT2D eigenvalue weighted by molar-refractivity contribution is 5.04. The number of nitrogens with one attached hydrogen (secondary N) is 1. The molecule has 0 aromatic heterocycles. The lowest BCUT2D eigenvalue weighted by molar-refractivity contribution is 0.456. The van der Waals surface area contributed by atoms with Crippen LogP contribution >= 0.6 is 0 Å². The number of hydrogen-bond donors (Lipinski definition) is 1. The lowest BCUT2D eigenvalue weighted by Crippen LogP contribution is -2.36. The van der Waals surface area contributed by atoms with Gasteiger partial charge in [-0.3, -0.25) is 0 Å². The fourth-order valence-corrected chi connectivity index (χ4v) is 1.45. The van der Waals surface area contributed by atoms with Crippen LogP contribution in [0.15, 0.2) is 12.7 Å². The molecule has 1 heterocycles. The average molecular weight is 125 g/mol. The summed E-state index contributed by atoms with van der Waals surface area (Å²) in [4.78, 5) is 0. The predicted molar refractivity (Wildman–Crippen MR) is 40.5 cm³/mol. The molecule has 1 nitrogen and oxygen atoms in total. The van der Waals surface area contributed by atoms with Crippen molar-refractivity contribution < 1.29 is 0 Å². The first kappa shape index (κ1) is 6.81. The van der Waals surface area contributed by atoms with Gasteiger partial charge in [0, 0.05) is 5.54 Å². The first-order valence-electron chi connectivity index (χ1n) is 3.71. The van der Waals surface area contributed by atoms with Gasteiger partial charge in [0.05, 0.1) is 0 Å². The molecule has 1 heteroatoms. The van der Waals surface area contributed by atoms with Gasteiger partial charge < -0.3 is 5.32 Å². The van der Waals surface area contributed by atoms with Crippen LogP contribution in [0.25, 0.3) is 0 Å². The summed E-state index contributed by atoms with van der Waals surface area (Å²) in [5.41, 5.74) is 0.292. The molecule has 1 atom stereocenters. The molecule has 1 aliphatic rings. The summed E-state index contributed by atoms with van der Waals surface area (Å²) in [6, 6.07) is 0. The van der Waals surface area contributed by atoms with E-state index in [1.54, 1.807) is 0 Å². The van der Waals surface area contributed by atoms with Gasteiger partial charge >= 0.3 is 0 Å². The summed E-state index contributed by atoms with van der Waals surface area (Å²) >= 11 is 0. The quantitative estimate of drug-likeness (QED) is 0.554. The first-order valence-corrected chi connectivity index (χ1v) is 3.71. The van der Waals surface area contributed by atoms with Crippen molar-refractivity contribution >= 4 is 0 Å². The van der Waals surface area contributed by atoms with Crippen molar-refractivity contribution in [2.45, 2.75) is 31.7 Å². The first-order chi connectivity index (χ1) is 4.33. The molecule has 0 saturated carbocycles. The van der Waals surface area contributed by atoms with Crippen LogP contribution in [0.5, 0.6) is 0 Å². The van der Waals surface area contributed by atoms with Gasteiger partial charge in [-0.1, -0.05) is 13.0 Å². The molecular weight excluding hydrogens is 110 g/mol. The van der Waals surface area contributed by atoms with E-state index in [2.05, 4.69) is 24.9 Å². The Kier molecular flexibility index (Phi) is 1.91. The molecular formula is C8H15N. The highest BCUT2D eigenvalue weighted by Crippen LogP contribution is 2.23. The van der Waals surface area contributed by atoms with E-state index in [4.69, 9.17) is 0 Å². The molecule has 0 aromatic rings. The average Bonchev–Trinajstić information content (AvgIpc) is 2.36. The van der Waals surface area contributed by atoms with Crippen LogP contribution in [-0.2, 0) is 0 Å². The Morgan fingerprint density at radius 2 is 2.56 bits per heavy atom. The zero-order valence-electron chi connectivity index (χ0n) is 6.11. The van der Waals surface area contributed by atoms with E-state index in [1.165, 1.54) is 25.8 Å². The maximum atomic E-state index is 3.82. The second kappa shape index (κ2) is 2.53. The molecule has 1 fully saturated rings. The second-order valence-corrected chi connectivity index (χ2v) is 2.74. The highest BCUT2D eigenvalue weighted by Gasteiger charge is 2.27. The van der Waals surface area contributed by atoms with Gasteiger partial charge in [0.15, 0.2) is 0 Å². The molecule has 0 radical (unpaired) electrons. The smallest absolute Gasteiger partial charge is 0.0359 e. The standard InChI is InChI=1S/C8H15N/c1-3-8(4-2)6-5-7-9-8/h3,9H,1,4-7H2,2H3. The number of rotatable bonds is 2. The van der Waals surface area contributed by atoms with Gasteiger partial charge in [0.25, 0.3) is 0 Å². The zero-order chi connectivity index (χ0) is 6.74. The largest absolute Gasteiger partial charge is 0.308 e. The molecule has 1 saturated heterocycles. The summed E-state index contributed by atoms with van der Waals surface area (Å²) < 4.78 is 0. The minimum atomic E-state index is 0.292. The Labute approximate surface area is 57.1 Å². The molecule has 0 bridgehead atoms. The van der Waals surface area contributed by atoms with Crippen molar-refractivity contribution in [1.82, 2.24) is 5.32 Å². The third-order valence-corrected chi connectivity index (χ3v) is 2.30. The SMILES string of the molecule is C=CC1(CC)CCCN1. The van der Waals surface area contributed by atoms with Crippen LogP contribution in [0.2, 0.25) is 0 Å². The van der Waals surface area contributed by atoms with Gasteiger partial charge in [-0.2, -0.15) is 0 Å². The summed E-state index contributed by atoms with van der Waals surface area (Å²) in [5.74, 6) is 0. The maximum absolute atomic E-state index is 3.82. The fraction of sp³-hybridized carbons (Fsp3) is 0.750. The summed E-state index contributed by atoms with van der Waals surface area (Å²) in [7, 11) is 0. The van der Waals surface area contributed by atoms with E-state index in [9.17, 15) is 0 Å².